The zero-order valence-corrected chi connectivity index (χ0v) is 15.4. The molecule has 2 aromatic rings. The molecule has 1 aliphatic carbocycles. The number of rotatable bonds is 5. The number of nitrogens with zero attached hydrogens (tertiary/aromatic N) is 3. The fourth-order valence-corrected chi connectivity index (χ4v) is 4.03. The van der Waals surface area contributed by atoms with Crippen LogP contribution in [0.1, 0.15) is 55.8 Å². The lowest BCUT2D eigenvalue weighted by molar-refractivity contribution is -0.138. The lowest BCUT2D eigenvalue weighted by Gasteiger charge is -2.40. The number of piperidine rings is 1. The summed E-state index contributed by atoms with van der Waals surface area (Å²) < 4.78 is 16.2. The van der Waals surface area contributed by atoms with Gasteiger partial charge in [-0.15, -0.1) is 0 Å². The van der Waals surface area contributed by atoms with E-state index in [0.29, 0.717) is 31.3 Å². The summed E-state index contributed by atoms with van der Waals surface area (Å²) in [7, 11) is 0. The molecule has 7 nitrogen and oxygen atoms in total. The van der Waals surface area contributed by atoms with Gasteiger partial charge in [0.1, 0.15) is 0 Å². The summed E-state index contributed by atoms with van der Waals surface area (Å²) in [6.45, 7) is 3.63. The van der Waals surface area contributed by atoms with Gasteiger partial charge in [0, 0.05) is 18.9 Å². The smallest absolute Gasteiger partial charge is 0.231 e. The Morgan fingerprint density at radius 2 is 2.11 bits per heavy atom. The van der Waals surface area contributed by atoms with Gasteiger partial charge in [0.25, 0.3) is 0 Å². The Morgan fingerprint density at radius 1 is 1.26 bits per heavy atom. The van der Waals surface area contributed by atoms with Gasteiger partial charge in [0.15, 0.2) is 17.3 Å². The first-order chi connectivity index (χ1) is 13.1. The Labute approximate surface area is 157 Å². The Morgan fingerprint density at radius 3 is 2.96 bits per heavy atom. The van der Waals surface area contributed by atoms with E-state index in [1.165, 1.54) is 5.56 Å². The zero-order chi connectivity index (χ0) is 18.4. The molecular weight excluding hydrogens is 346 g/mol. The fourth-order valence-electron chi connectivity index (χ4n) is 4.03. The van der Waals surface area contributed by atoms with Crippen molar-refractivity contribution in [3.8, 4) is 11.5 Å². The second-order valence-corrected chi connectivity index (χ2v) is 8.25. The van der Waals surface area contributed by atoms with Crippen molar-refractivity contribution in [1.82, 2.24) is 15.0 Å². The van der Waals surface area contributed by atoms with E-state index in [1.54, 1.807) is 0 Å². The average Bonchev–Trinajstić information content (AvgIpc) is 3.21. The highest BCUT2D eigenvalue weighted by Crippen LogP contribution is 2.40. The lowest BCUT2D eigenvalue weighted by Crippen LogP contribution is -2.45. The molecule has 7 heteroatoms. The summed E-state index contributed by atoms with van der Waals surface area (Å²) in [5, 5.41) is 4.07. The third-order valence-electron chi connectivity index (χ3n) is 5.68. The van der Waals surface area contributed by atoms with Gasteiger partial charge in [-0.2, -0.15) is 4.98 Å². The highest BCUT2D eigenvalue weighted by Gasteiger charge is 2.36. The van der Waals surface area contributed by atoms with Gasteiger partial charge in [-0.05, 0) is 48.8 Å². The van der Waals surface area contributed by atoms with Crippen LogP contribution in [0.5, 0.6) is 11.5 Å². The fraction of sp³-hybridized carbons (Fsp3) is 0.550. The van der Waals surface area contributed by atoms with Crippen molar-refractivity contribution in [1.29, 1.82) is 0 Å². The predicted molar refractivity (Wildman–Crippen MR) is 95.3 cm³/mol. The summed E-state index contributed by atoms with van der Waals surface area (Å²) in [6.07, 6.45) is 4.55. The minimum Gasteiger partial charge on any atom is -0.454 e. The number of fused-ring (bicyclic) bond motifs is 1. The van der Waals surface area contributed by atoms with Gasteiger partial charge < -0.3 is 18.9 Å². The minimum absolute atomic E-state index is 0.00463. The number of likely N-dealkylation sites (tertiary alicyclic amines) is 1. The minimum atomic E-state index is 0.00463. The number of hydrogen-bond donors (Lipinski definition) is 0. The molecular formula is C20H23N3O4. The first kappa shape index (κ1) is 16.6. The highest BCUT2D eigenvalue weighted by molar-refractivity contribution is 5.77. The van der Waals surface area contributed by atoms with Crippen molar-refractivity contribution in [3.05, 3.63) is 35.5 Å². The topological polar surface area (TPSA) is 77.7 Å². The molecule has 0 bridgehead atoms. The molecule has 0 N–H and O–H groups in total. The molecule has 27 heavy (non-hydrogen) atoms. The second kappa shape index (κ2) is 6.25. The molecule has 5 rings (SSSR count). The van der Waals surface area contributed by atoms with E-state index in [1.807, 2.05) is 11.0 Å². The van der Waals surface area contributed by atoms with Gasteiger partial charge in [-0.25, -0.2) is 0 Å². The van der Waals surface area contributed by atoms with Crippen molar-refractivity contribution < 1.29 is 18.8 Å². The molecule has 1 aromatic carbocycles. The monoisotopic (exact) mass is 369 g/mol. The van der Waals surface area contributed by atoms with Crippen molar-refractivity contribution in [3.63, 3.8) is 0 Å². The normalized spacial score (nSPS) is 24.5. The van der Waals surface area contributed by atoms with Crippen LogP contribution in [-0.2, 0) is 17.8 Å². The van der Waals surface area contributed by atoms with E-state index in [2.05, 4.69) is 29.2 Å². The van der Waals surface area contributed by atoms with Crippen molar-refractivity contribution >= 4 is 5.91 Å². The molecule has 2 fully saturated rings. The van der Waals surface area contributed by atoms with E-state index in [9.17, 15) is 4.79 Å². The molecule has 1 aromatic heterocycles. The molecule has 0 unspecified atom stereocenters. The van der Waals surface area contributed by atoms with Crippen LogP contribution < -0.4 is 9.47 Å². The van der Waals surface area contributed by atoms with E-state index in [4.69, 9.17) is 14.0 Å². The molecule has 3 aliphatic rings. The van der Waals surface area contributed by atoms with Gasteiger partial charge in [-0.1, -0.05) is 18.1 Å². The summed E-state index contributed by atoms with van der Waals surface area (Å²) in [4.78, 5) is 18.8. The van der Waals surface area contributed by atoms with Gasteiger partial charge in [0.2, 0.25) is 18.6 Å². The standard InChI is InChI=1S/C20H23N3O4/c1-20(9-13-2-5-15-16(8-13)26-12-25-15)7-6-18(24)23(11-20)10-17-21-19(27-22-17)14-3-4-14/h2,5,8,14H,3-4,6-7,9-12H2,1H3/t20-/m1/s1. The van der Waals surface area contributed by atoms with Gasteiger partial charge >= 0.3 is 0 Å². The van der Waals surface area contributed by atoms with E-state index >= 15 is 0 Å². The summed E-state index contributed by atoms with van der Waals surface area (Å²) in [5.41, 5.74) is 1.21. The first-order valence-corrected chi connectivity index (χ1v) is 9.57. The molecule has 0 spiro atoms. The molecule has 2 aliphatic heterocycles. The van der Waals surface area contributed by atoms with Crippen LogP contribution in [0, 0.1) is 5.41 Å². The number of carbonyl (C=O) groups excluding carboxylic acids is 1. The number of hydrogen-bond acceptors (Lipinski definition) is 6. The SMILES string of the molecule is C[C@]1(Cc2ccc3c(c2)OCO3)CCC(=O)N(Cc2noc(C3CC3)n2)C1. The summed E-state index contributed by atoms with van der Waals surface area (Å²) >= 11 is 0. The highest BCUT2D eigenvalue weighted by atomic mass is 16.7. The summed E-state index contributed by atoms with van der Waals surface area (Å²) in [5.74, 6) is 3.53. The molecule has 3 heterocycles. The Bertz CT molecular complexity index is 876. The third kappa shape index (κ3) is 3.38. The number of carbonyl (C=O) groups is 1. The number of amides is 1. The molecule has 0 radical (unpaired) electrons. The van der Waals surface area contributed by atoms with Crippen LogP contribution in [0.4, 0.5) is 0 Å². The Kier molecular flexibility index (Phi) is 3.84. The van der Waals surface area contributed by atoms with Gasteiger partial charge in [-0.3, -0.25) is 4.79 Å². The zero-order valence-electron chi connectivity index (χ0n) is 15.4. The maximum atomic E-state index is 12.4. The predicted octanol–water partition coefficient (Wildman–Crippen LogP) is 3.05. The van der Waals surface area contributed by atoms with Crippen LogP contribution >= 0.6 is 0 Å². The number of aromatic nitrogens is 2. The summed E-state index contributed by atoms with van der Waals surface area (Å²) in [6, 6.07) is 6.10. The maximum absolute atomic E-state index is 12.4. The van der Waals surface area contributed by atoms with Crippen LogP contribution in [0.3, 0.4) is 0 Å². The van der Waals surface area contributed by atoms with Crippen LogP contribution in [-0.4, -0.2) is 34.3 Å². The third-order valence-corrected chi connectivity index (χ3v) is 5.68. The van der Waals surface area contributed by atoms with E-state index < -0.39 is 0 Å². The average molecular weight is 369 g/mol. The van der Waals surface area contributed by atoms with Crippen molar-refractivity contribution in [2.75, 3.05) is 13.3 Å². The number of benzene rings is 1. The molecule has 1 saturated carbocycles. The molecule has 1 amide bonds. The lowest BCUT2D eigenvalue weighted by atomic mass is 9.76. The quantitative estimate of drug-likeness (QED) is 0.806. The van der Waals surface area contributed by atoms with E-state index in [-0.39, 0.29) is 18.1 Å². The molecule has 1 atom stereocenters. The van der Waals surface area contributed by atoms with Crippen LogP contribution in [0.15, 0.2) is 22.7 Å². The number of ether oxygens (including phenoxy) is 2. The van der Waals surface area contributed by atoms with E-state index in [0.717, 1.165) is 43.1 Å². The maximum Gasteiger partial charge on any atom is 0.231 e. The van der Waals surface area contributed by atoms with Crippen molar-refractivity contribution in [2.45, 2.75) is 51.5 Å². The van der Waals surface area contributed by atoms with Crippen LogP contribution in [0.25, 0.3) is 0 Å². The molecule has 1 saturated heterocycles. The molecule has 142 valence electrons. The Balaban J connectivity index is 1.28. The second-order valence-electron chi connectivity index (χ2n) is 8.25. The van der Waals surface area contributed by atoms with Gasteiger partial charge in [0.05, 0.1) is 6.54 Å². The van der Waals surface area contributed by atoms with Crippen molar-refractivity contribution in [2.24, 2.45) is 5.41 Å². The Hall–Kier alpha value is -2.57. The largest absolute Gasteiger partial charge is 0.454 e. The first-order valence-electron chi connectivity index (χ1n) is 9.57. The van der Waals surface area contributed by atoms with Crippen LogP contribution in [0.2, 0.25) is 0 Å².